The van der Waals surface area contributed by atoms with Crippen LogP contribution in [0.15, 0.2) is 53.4 Å². The number of hydrogen-bond donors (Lipinski definition) is 1. The molecule has 1 heterocycles. The molecule has 0 atom stereocenters. The first-order valence-corrected chi connectivity index (χ1v) is 8.74. The van der Waals surface area contributed by atoms with E-state index in [0.717, 1.165) is 27.2 Å². The Balaban J connectivity index is 1.91. The molecule has 3 rings (SSSR count). The van der Waals surface area contributed by atoms with Crippen molar-refractivity contribution in [3.63, 3.8) is 0 Å². The number of nitrogens with one attached hydrogen (secondary N) is 1. The van der Waals surface area contributed by atoms with Gasteiger partial charge >= 0.3 is 0 Å². The molecule has 0 radical (unpaired) electrons. The van der Waals surface area contributed by atoms with E-state index < -0.39 is 0 Å². The molecule has 0 aliphatic carbocycles. The number of hydrogen-bond acceptors (Lipinski definition) is 4. The normalized spacial score (nSPS) is 10.6. The van der Waals surface area contributed by atoms with Crippen molar-refractivity contribution in [1.29, 1.82) is 0 Å². The lowest BCUT2D eigenvalue weighted by Gasteiger charge is -2.10. The maximum atomic E-state index is 12.6. The standard InChI is InChI=1S/C19H18N2O2S/c1-12-17(11-13-10-15(23-2)6-9-18(13)20-12)19(22)21-14-4-7-16(24-3)8-5-14/h4-11H,1-3H3,(H,21,22). The fourth-order valence-corrected chi connectivity index (χ4v) is 2.89. The van der Waals surface area contributed by atoms with Crippen molar-refractivity contribution in [3.05, 3.63) is 59.8 Å². The van der Waals surface area contributed by atoms with E-state index in [9.17, 15) is 4.79 Å². The molecule has 1 N–H and O–H groups in total. The predicted molar refractivity (Wildman–Crippen MR) is 99.2 cm³/mol. The van der Waals surface area contributed by atoms with Gasteiger partial charge in [-0.1, -0.05) is 0 Å². The highest BCUT2D eigenvalue weighted by molar-refractivity contribution is 7.98. The number of aromatic nitrogens is 1. The van der Waals surface area contributed by atoms with Crippen LogP contribution in [0.1, 0.15) is 16.1 Å². The minimum absolute atomic E-state index is 0.165. The van der Waals surface area contributed by atoms with Gasteiger partial charge in [0.1, 0.15) is 5.75 Å². The van der Waals surface area contributed by atoms with Gasteiger partial charge in [0, 0.05) is 16.0 Å². The zero-order chi connectivity index (χ0) is 17.1. The Hall–Kier alpha value is -2.53. The fourth-order valence-electron chi connectivity index (χ4n) is 2.48. The molecular weight excluding hydrogens is 320 g/mol. The first-order chi connectivity index (χ1) is 11.6. The van der Waals surface area contributed by atoms with Gasteiger partial charge in [0.2, 0.25) is 0 Å². The number of methoxy groups -OCH3 is 1. The number of amides is 1. The summed E-state index contributed by atoms with van der Waals surface area (Å²) in [6.45, 7) is 1.84. The quantitative estimate of drug-likeness (QED) is 0.710. The van der Waals surface area contributed by atoms with Crippen molar-refractivity contribution in [1.82, 2.24) is 4.98 Å². The van der Waals surface area contributed by atoms with Gasteiger partial charge in [-0.05, 0) is 61.7 Å². The number of rotatable bonds is 4. The van der Waals surface area contributed by atoms with Crippen LogP contribution in [0.2, 0.25) is 0 Å². The van der Waals surface area contributed by atoms with Crippen LogP contribution in [0.3, 0.4) is 0 Å². The van der Waals surface area contributed by atoms with E-state index in [1.165, 1.54) is 0 Å². The van der Waals surface area contributed by atoms with E-state index in [1.54, 1.807) is 18.9 Å². The molecule has 0 saturated heterocycles. The molecule has 0 bridgehead atoms. The zero-order valence-electron chi connectivity index (χ0n) is 13.8. The van der Waals surface area contributed by atoms with Crippen LogP contribution in [0.25, 0.3) is 10.9 Å². The van der Waals surface area contributed by atoms with Crippen LogP contribution in [-0.4, -0.2) is 24.3 Å². The SMILES string of the molecule is COc1ccc2nc(C)c(C(=O)Nc3ccc(SC)cc3)cc2c1. The Labute approximate surface area is 145 Å². The molecule has 1 amide bonds. The summed E-state index contributed by atoms with van der Waals surface area (Å²) in [5.41, 5.74) is 2.87. The number of carbonyl (C=O) groups excluding carboxylic acids is 1. The third kappa shape index (κ3) is 3.36. The van der Waals surface area contributed by atoms with Gasteiger partial charge in [-0.15, -0.1) is 11.8 Å². The molecule has 3 aromatic rings. The fraction of sp³-hybridized carbons (Fsp3) is 0.158. The number of fused-ring (bicyclic) bond motifs is 1. The van der Waals surface area contributed by atoms with E-state index in [1.807, 2.05) is 61.7 Å². The minimum atomic E-state index is -0.165. The van der Waals surface area contributed by atoms with Gasteiger partial charge in [-0.3, -0.25) is 9.78 Å². The third-order valence-corrected chi connectivity index (χ3v) is 4.55. The van der Waals surface area contributed by atoms with Gasteiger partial charge < -0.3 is 10.1 Å². The first kappa shape index (κ1) is 16.3. The van der Waals surface area contributed by atoms with Crippen molar-refractivity contribution >= 4 is 34.3 Å². The summed E-state index contributed by atoms with van der Waals surface area (Å²) >= 11 is 1.67. The van der Waals surface area contributed by atoms with Crippen LogP contribution >= 0.6 is 11.8 Å². The predicted octanol–water partition coefficient (Wildman–Crippen LogP) is 4.53. The lowest BCUT2D eigenvalue weighted by molar-refractivity contribution is 0.102. The molecule has 4 nitrogen and oxygen atoms in total. The van der Waals surface area contributed by atoms with Crippen LogP contribution < -0.4 is 10.1 Å². The molecule has 1 aromatic heterocycles. The minimum Gasteiger partial charge on any atom is -0.497 e. The number of nitrogens with zero attached hydrogens (tertiary/aromatic N) is 1. The van der Waals surface area contributed by atoms with Gasteiger partial charge in [0.25, 0.3) is 5.91 Å². The Morgan fingerprint density at radius 3 is 2.54 bits per heavy atom. The molecule has 0 aliphatic rings. The van der Waals surface area contributed by atoms with E-state index >= 15 is 0 Å². The highest BCUT2D eigenvalue weighted by Gasteiger charge is 2.12. The Morgan fingerprint density at radius 2 is 1.88 bits per heavy atom. The Bertz CT molecular complexity index is 892. The topological polar surface area (TPSA) is 51.2 Å². The Morgan fingerprint density at radius 1 is 1.12 bits per heavy atom. The van der Waals surface area contributed by atoms with E-state index in [-0.39, 0.29) is 5.91 Å². The third-order valence-electron chi connectivity index (χ3n) is 3.80. The number of pyridine rings is 1. The van der Waals surface area contributed by atoms with Crippen molar-refractivity contribution in [2.24, 2.45) is 0 Å². The molecule has 5 heteroatoms. The van der Waals surface area contributed by atoms with Crippen molar-refractivity contribution < 1.29 is 9.53 Å². The second kappa shape index (κ2) is 6.93. The molecule has 0 aliphatic heterocycles. The van der Waals surface area contributed by atoms with Gasteiger partial charge in [-0.25, -0.2) is 0 Å². The summed E-state index contributed by atoms with van der Waals surface area (Å²) in [6, 6.07) is 15.3. The lowest BCUT2D eigenvalue weighted by Crippen LogP contribution is -2.14. The zero-order valence-corrected chi connectivity index (χ0v) is 14.6. The number of benzene rings is 2. The van der Waals surface area contributed by atoms with Crippen LogP contribution in [-0.2, 0) is 0 Å². The van der Waals surface area contributed by atoms with E-state index in [2.05, 4.69) is 10.3 Å². The highest BCUT2D eigenvalue weighted by Crippen LogP contribution is 2.23. The molecule has 0 fully saturated rings. The maximum absolute atomic E-state index is 12.6. The number of carbonyl (C=O) groups is 1. The molecule has 0 unspecified atom stereocenters. The van der Waals surface area contributed by atoms with Crippen molar-refractivity contribution in [2.45, 2.75) is 11.8 Å². The number of thioether (sulfide) groups is 1. The second-order valence-corrected chi connectivity index (χ2v) is 6.24. The summed E-state index contributed by atoms with van der Waals surface area (Å²) in [4.78, 5) is 18.3. The molecule has 2 aromatic carbocycles. The summed E-state index contributed by atoms with van der Waals surface area (Å²) < 4.78 is 5.24. The van der Waals surface area contributed by atoms with Crippen LogP contribution in [0.5, 0.6) is 5.75 Å². The summed E-state index contributed by atoms with van der Waals surface area (Å²) in [6.07, 6.45) is 2.02. The summed E-state index contributed by atoms with van der Waals surface area (Å²) in [5.74, 6) is 0.578. The van der Waals surface area contributed by atoms with Gasteiger partial charge in [-0.2, -0.15) is 0 Å². The maximum Gasteiger partial charge on any atom is 0.257 e. The monoisotopic (exact) mass is 338 g/mol. The van der Waals surface area contributed by atoms with Gasteiger partial charge in [0.15, 0.2) is 0 Å². The molecule has 0 spiro atoms. The molecule has 122 valence electrons. The van der Waals surface area contributed by atoms with E-state index in [4.69, 9.17) is 4.74 Å². The van der Waals surface area contributed by atoms with Crippen molar-refractivity contribution in [2.75, 3.05) is 18.7 Å². The largest absolute Gasteiger partial charge is 0.497 e. The second-order valence-electron chi connectivity index (χ2n) is 5.36. The summed E-state index contributed by atoms with van der Waals surface area (Å²) in [5, 5.41) is 3.80. The van der Waals surface area contributed by atoms with Gasteiger partial charge in [0.05, 0.1) is 23.9 Å². The average molecular weight is 338 g/mol. The molecule has 24 heavy (non-hydrogen) atoms. The highest BCUT2D eigenvalue weighted by atomic mass is 32.2. The van der Waals surface area contributed by atoms with Crippen LogP contribution in [0.4, 0.5) is 5.69 Å². The lowest BCUT2D eigenvalue weighted by atomic mass is 10.1. The molecule has 0 saturated carbocycles. The molecular formula is C19H18N2O2S. The van der Waals surface area contributed by atoms with Crippen molar-refractivity contribution in [3.8, 4) is 5.75 Å². The Kier molecular flexibility index (Phi) is 4.71. The number of anilines is 1. The number of aryl methyl sites for hydroxylation is 1. The smallest absolute Gasteiger partial charge is 0.257 e. The first-order valence-electron chi connectivity index (χ1n) is 7.51. The average Bonchev–Trinajstić information content (AvgIpc) is 2.61. The number of ether oxygens (including phenoxy) is 1. The van der Waals surface area contributed by atoms with E-state index in [0.29, 0.717) is 11.3 Å². The van der Waals surface area contributed by atoms with Crippen LogP contribution in [0, 0.1) is 6.92 Å². The summed E-state index contributed by atoms with van der Waals surface area (Å²) in [7, 11) is 1.62.